The van der Waals surface area contributed by atoms with E-state index in [0.717, 1.165) is 34.6 Å². The summed E-state index contributed by atoms with van der Waals surface area (Å²) in [7, 11) is 1.65. The molecule has 2 aromatic carbocycles. The highest BCUT2D eigenvalue weighted by Gasteiger charge is 2.12. The summed E-state index contributed by atoms with van der Waals surface area (Å²) in [4.78, 5) is 0. The predicted molar refractivity (Wildman–Crippen MR) is 97.3 cm³/mol. The van der Waals surface area contributed by atoms with Crippen molar-refractivity contribution in [3.8, 4) is 17.0 Å². The van der Waals surface area contributed by atoms with Crippen molar-refractivity contribution in [2.24, 2.45) is 0 Å². The van der Waals surface area contributed by atoms with Gasteiger partial charge in [-0.05, 0) is 29.7 Å². The second-order valence-electron chi connectivity index (χ2n) is 5.68. The van der Waals surface area contributed by atoms with Gasteiger partial charge in [-0.15, -0.1) is 6.58 Å². The van der Waals surface area contributed by atoms with Crippen LogP contribution < -0.4 is 4.74 Å². The summed E-state index contributed by atoms with van der Waals surface area (Å²) in [5.74, 6) is 1.44. The summed E-state index contributed by atoms with van der Waals surface area (Å²) in [5.41, 5.74) is 3.91. The molecule has 0 amide bonds. The van der Waals surface area contributed by atoms with E-state index in [1.54, 1.807) is 7.11 Å². The minimum Gasteiger partial charge on any atom is -0.496 e. The molecule has 3 rings (SSSR count). The Morgan fingerprint density at radius 1 is 1.04 bits per heavy atom. The van der Waals surface area contributed by atoms with Crippen molar-refractivity contribution < 1.29 is 14.0 Å². The van der Waals surface area contributed by atoms with Crippen LogP contribution in [0.2, 0.25) is 0 Å². The molecule has 128 valence electrons. The molecule has 0 unspecified atom stereocenters. The molecule has 0 bridgehead atoms. The molecule has 0 atom stereocenters. The third-order valence-corrected chi connectivity index (χ3v) is 3.83. The molecular formula is C21H21NO3. The van der Waals surface area contributed by atoms with Gasteiger partial charge in [0.15, 0.2) is 5.76 Å². The van der Waals surface area contributed by atoms with Gasteiger partial charge in [0.05, 0.1) is 13.7 Å². The smallest absolute Gasteiger partial charge is 0.163 e. The Morgan fingerprint density at radius 3 is 2.64 bits per heavy atom. The van der Waals surface area contributed by atoms with E-state index in [2.05, 4.69) is 11.7 Å². The van der Waals surface area contributed by atoms with Gasteiger partial charge < -0.3 is 14.0 Å². The molecule has 1 heterocycles. The van der Waals surface area contributed by atoms with E-state index >= 15 is 0 Å². The van der Waals surface area contributed by atoms with Gasteiger partial charge in [-0.1, -0.05) is 47.6 Å². The minimum atomic E-state index is 0.372. The molecule has 25 heavy (non-hydrogen) atoms. The molecule has 0 saturated heterocycles. The van der Waals surface area contributed by atoms with E-state index < -0.39 is 0 Å². The number of hydrogen-bond acceptors (Lipinski definition) is 4. The van der Waals surface area contributed by atoms with Gasteiger partial charge in [-0.25, -0.2) is 0 Å². The van der Waals surface area contributed by atoms with Gasteiger partial charge in [0.25, 0.3) is 0 Å². The van der Waals surface area contributed by atoms with Crippen LogP contribution in [-0.4, -0.2) is 12.3 Å². The zero-order valence-electron chi connectivity index (χ0n) is 14.3. The molecule has 4 heteroatoms. The number of benzene rings is 2. The van der Waals surface area contributed by atoms with Gasteiger partial charge in [0, 0.05) is 11.6 Å². The Bertz CT molecular complexity index is 824. The fourth-order valence-electron chi connectivity index (χ4n) is 2.60. The van der Waals surface area contributed by atoms with Crippen molar-refractivity contribution in [1.82, 2.24) is 5.16 Å². The highest BCUT2D eigenvalue weighted by molar-refractivity contribution is 5.68. The summed E-state index contributed by atoms with van der Waals surface area (Å²) in [5, 5.41) is 4.16. The maximum absolute atomic E-state index is 5.70. The zero-order chi connectivity index (χ0) is 17.5. The van der Waals surface area contributed by atoms with Crippen LogP contribution in [0.3, 0.4) is 0 Å². The summed E-state index contributed by atoms with van der Waals surface area (Å²) in [6.45, 7) is 4.69. The Hall–Kier alpha value is -2.85. The Labute approximate surface area is 147 Å². The Kier molecular flexibility index (Phi) is 5.65. The molecule has 3 aromatic rings. The predicted octanol–water partition coefficient (Wildman–Crippen LogP) is 4.80. The minimum absolute atomic E-state index is 0.372. The Balaban J connectivity index is 1.70. The number of aromatic nitrogens is 1. The van der Waals surface area contributed by atoms with Crippen molar-refractivity contribution >= 4 is 0 Å². The van der Waals surface area contributed by atoms with Crippen LogP contribution in [0.1, 0.15) is 16.9 Å². The number of nitrogens with zero attached hydrogens (tertiary/aromatic N) is 1. The molecular weight excluding hydrogens is 314 g/mol. The van der Waals surface area contributed by atoms with Crippen LogP contribution >= 0.6 is 0 Å². The molecule has 4 nitrogen and oxygen atoms in total. The third kappa shape index (κ3) is 4.37. The van der Waals surface area contributed by atoms with Gasteiger partial charge in [-0.2, -0.15) is 0 Å². The molecule has 0 saturated carbocycles. The fourth-order valence-corrected chi connectivity index (χ4v) is 2.60. The van der Waals surface area contributed by atoms with Gasteiger partial charge in [0.2, 0.25) is 0 Å². The third-order valence-electron chi connectivity index (χ3n) is 3.83. The van der Waals surface area contributed by atoms with Gasteiger partial charge in [-0.3, -0.25) is 0 Å². The van der Waals surface area contributed by atoms with Crippen LogP contribution in [0.4, 0.5) is 0 Å². The van der Waals surface area contributed by atoms with Crippen LogP contribution in [0.5, 0.6) is 5.75 Å². The maximum atomic E-state index is 5.70. The summed E-state index contributed by atoms with van der Waals surface area (Å²) in [6, 6.07) is 17.9. The average Bonchev–Trinajstić information content (AvgIpc) is 3.12. The number of rotatable bonds is 8. The van der Waals surface area contributed by atoms with Crippen LogP contribution in [-0.2, 0) is 24.4 Å². The normalized spacial score (nSPS) is 10.6. The lowest BCUT2D eigenvalue weighted by molar-refractivity contribution is 0.0884. The van der Waals surface area contributed by atoms with Crippen molar-refractivity contribution in [2.75, 3.05) is 7.11 Å². The quantitative estimate of drug-likeness (QED) is 0.555. The molecule has 0 spiro atoms. The fraction of sp³-hybridized carbons (Fsp3) is 0.190. The molecule has 0 radical (unpaired) electrons. The molecule has 0 aliphatic rings. The zero-order valence-corrected chi connectivity index (χ0v) is 14.3. The first-order chi connectivity index (χ1) is 12.3. The van der Waals surface area contributed by atoms with Crippen molar-refractivity contribution in [3.05, 3.63) is 84.1 Å². The van der Waals surface area contributed by atoms with E-state index in [4.69, 9.17) is 14.0 Å². The SMILES string of the molecule is C=CCc1ccc(OC)c(-c2cc(COCc3ccccc3)on2)c1. The van der Waals surface area contributed by atoms with Crippen LogP contribution in [0, 0.1) is 0 Å². The van der Waals surface area contributed by atoms with Crippen molar-refractivity contribution in [1.29, 1.82) is 0 Å². The lowest BCUT2D eigenvalue weighted by Crippen LogP contribution is -1.92. The summed E-state index contributed by atoms with van der Waals surface area (Å²) in [6.07, 6.45) is 2.67. The number of methoxy groups -OCH3 is 1. The van der Waals surface area contributed by atoms with E-state index in [1.165, 1.54) is 0 Å². The van der Waals surface area contributed by atoms with Gasteiger partial charge >= 0.3 is 0 Å². The number of ether oxygens (including phenoxy) is 2. The Morgan fingerprint density at radius 2 is 1.88 bits per heavy atom. The summed E-state index contributed by atoms with van der Waals surface area (Å²) >= 11 is 0. The highest BCUT2D eigenvalue weighted by atomic mass is 16.5. The van der Waals surface area contributed by atoms with E-state index in [1.807, 2.05) is 60.7 Å². The van der Waals surface area contributed by atoms with E-state index in [0.29, 0.717) is 19.0 Å². The standard InChI is InChI=1S/C21H21NO3/c1-3-7-16-10-11-21(23-2)19(12-16)20-13-18(25-22-20)15-24-14-17-8-5-4-6-9-17/h3-6,8-13H,1,7,14-15H2,2H3. The maximum Gasteiger partial charge on any atom is 0.163 e. The molecule has 0 aliphatic carbocycles. The summed E-state index contributed by atoms with van der Waals surface area (Å²) < 4.78 is 16.5. The van der Waals surface area contributed by atoms with E-state index in [9.17, 15) is 0 Å². The van der Waals surface area contributed by atoms with E-state index in [-0.39, 0.29) is 0 Å². The lowest BCUT2D eigenvalue weighted by atomic mass is 10.0. The monoisotopic (exact) mass is 335 g/mol. The molecule has 0 aliphatic heterocycles. The second-order valence-corrected chi connectivity index (χ2v) is 5.68. The first-order valence-electron chi connectivity index (χ1n) is 8.15. The van der Waals surface area contributed by atoms with Crippen molar-refractivity contribution in [2.45, 2.75) is 19.6 Å². The van der Waals surface area contributed by atoms with Crippen LogP contribution in [0.25, 0.3) is 11.3 Å². The second kappa shape index (κ2) is 8.31. The van der Waals surface area contributed by atoms with Crippen molar-refractivity contribution in [3.63, 3.8) is 0 Å². The number of hydrogen-bond donors (Lipinski definition) is 0. The average molecular weight is 335 g/mol. The molecule has 0 N–H and O–H groups in total. The topological polar surface area (TPSA) is 44.5 Å². The van der Waals surface area contributed by atoms with Crippen LogP contribution in [0.15, 0.2) is 71.8 Å². The lowest BCUT2D eigenvalue weighted by Gasteiger charge is -2.07. The molecule has 0 fully saturated rings. The number of allylic oxidation sites excluding steroid dienone is 1. The highest BCUT2D eigenvalue weighted by Crippen LogP contribution is 2.31. The largest absolute Gasteiger partial charge is 0.496 e. The first-order valence-corrected chi connectivity index (χ1v) is 8.15. The first kappa shape index (κ1) is 17.0. The molecule has 1 aromatic heterocycles. The van der Waals surface area contributed by atoms with Gasteiger partial charge in [0.1, 0.15) is 18.1 Å².